The van der Waals surface area contributed by atoms with E-state index in [9.17, 15) is 9.59 Å². The van der Waals surface area contributed by atoms with E-state index >= 15 is 0 Å². The number of carbonyl (C=O) groups excluding carboxylic acids is 1. The van der Waals surface area contributed by atoms with Crippen molar-refractivity contribution in [1.29, 1.82) is 0 Å². The van der Waals surface area contributed by atoms with E-state index in [1.54, 1.807) is 7.11 Å². The molecule has 1 fully saturated rings. The highest BCUT2D eigenvalue weighted by Crippen LogP contribution is 2.31. The normalized spacial score (nSPS) is 17.4. The minimum absolute atomic E-state index is 0.0490. The van der Waals surface area contributed by atoms with Gasteiger partial charge in [-0.3, -0.25) is 9.59 Å². The molecule has 218 valence electrons. The monoisotopic (exact) mass is 602 g/mol. The molecule has 4 aromatic rings. The van der Waals surface area contributed by atoms with Crippen LogP contribution in [0.4, 0.5) is 0 Å². The maximum Gasteiger partial charge on any atom is 0.274 e. The van der Waals surface area contributed by atoms with Crippen LogP contribution in [-0.4, -0.2) is 41.9 Å². The Morgan fingerprint density at radius 3 is 2.57 bits per heavy atom. The average molecular weight is 603 g/mol. The van der Waals surface area contributed by atoms with Gasteiger partial charge < -0.3 is 15.4 Å². The molecule has 7 nitrogen and oxygen atoms in total. The van der Waals surface area contributed by atoms with Gasteiger partial charge in [-0.25, -0.2) is 0 Å². The number of aryl methyl sites for hydroxylation is 1. The van der Waals surface area contributed by atoms with Gasteiger partial charge in [-0.15, -0.1) is 0 Å². The highest BCUT2D eigenvalue weighted by atomic mass is 35.5. The molecule has 9 heteroatoms. The summed E-state index contributed by atoms with van der Waals surface area (Å²) in [4.78, 5) is 28.0. The molecule has 1 aliphatic heterocycles. The summed E-state index contributed by atoms with van der Waals surface area (Å²) in [5.41, 5.74) is 2.31. The molecule has 2 N–H and O–H groups in total. The van der Waals surface area contributed by atoms with Crippen molar-refractivity contribution in [2.45, 2.75) is 48.1 Å². The second-order valence-corrected chi connectivity index (χ2v) is 12.1. The summed E-state index contributed by atoms with van der Waals surface area (Å²) in [5, 5.41) is 12.6. The molecular weight excluding hydrogens is 568 g/mol. The van der Waals surface area contributed by atoms with Crippen molar-refractivity contribution >= 4 is 29.3 Å². The molecule has 0 spiro atoms. The number of rotatable bonds is 10. The third-order valence-electron chi connectivity index (χ3n) is 7.60. The van der Waals surface area contributed by atoms with Crippen LogP contribution in [0, 0.1) is 5.92 Å². The van der Waals surface area contributed by atoms with Crippen LogP contribution in [0.1, 0.15) is 36.8 Å². The Morgan fingerprint density at radius 1 is 1.12 bits per heavy atom. The smallest absolute Gasteiger partial charge is 0.274 e. The summed E-state index contributed by atoms with van der Waals surface area (Å²) in [6.07, 6.45) is 2.04. The summed E-state index contributed by atoms with van der Waals surface area (Å²) in [6, 6.07) is 26.8. The average Bonchev–Trinajstić information content (AvgIpc) is 3.02. The number of hydrogen-bond acceptors (Lipinski definition) is 6. The maximum atomic E-state index is 13.6. The summed E-state index contributed by atoms with van der Waals surface area (Å²) in [7, 11) is 1.60. The third kappa shape index (κ3) is 7.43. The second-order valence-electron chi connectivity index (χ2n) is 10.5. The number of piperidine rings is 1. The highest BCUT2D eigenvalue weighted by molar-refractivity contribution is 7.99. The van der Waals surface area contributed by atoms with Crippen LogP contribution in [0.5, 0.6) is 5.75 Å². The Labute approximate surface area is 255 Å². The van der Waals surface area contributed by atoms with Crippen LogP contribution >= 0.6 is 23.4 Å². The van der Waals surface area contributed by atoms with Crippen LogP contribution in [-0.2, 0) is 11.2 Å². The predicted octanol–water partition coefficient (Wildman–Crippen LogP) is 5.88. The quantitative estimate of drug-likeness (QED) is 0.236. The molecule has 0 radical (unpaired) electrons. The summed E-state index contributed by atoms with van der Waals surface area (Å²) < 4.78 is 6.72. The lowest BCUT2D eigenvalue weighted by Gasteiger charge is -2.32. The maximum absolute atomic E-state index is 13.6. The first-order valence-corrected chi connectivity index (χ1v) is 15.4. The molecule has 3 atom stereocenters. The fraction of sp³-hybridized carbons (Fsp3) is 0.303. The first kappa shape index (κ1) is 29.9. The molecule has 1 amide bonds. The first-order chi connectivity index (χ1) is 20.4. The van der Waals surface area contributed by atoms with Gasteiger partial charge in [0.2, 0.25) is 5.91 Å². The zero-order chi connectivity index (χ0) is 29.5. The first-order valence-electron chi connectivity index (χ1n) is 14.2. The fourth-order valence-electron chi connectivity index (χ4n) is 5.30. The molecule has 1 aliphatic rings. The highest BCUT2D eigenvalue weighted by Gasteiger charge is 2.32. The standard InChI is InChI=1S/C33H35ClN4O3S/c1-22(36-32(39)30-21-35-19-18-29(30)23-6-4-3-5-7-23)8-9-24-20-31(42-28-16-10-25(34)11-17-28)37-38(33(24)40)26-12-14-27(41-2)15-13-26/h3-7,10-17,20,22,29-30,35H,8-9,18-19,21H2,1-2H3,(H,36,39)/t22-,29+,30-/m1/s1. The van der Waals surface area contributed by atoms with Crippen molar-refractivity contribution in [3.05, 3.63) is 111 Å². The van der Waals surface area contributed by atoms with Gasteiger partial charge >= 0.3 is 0 Å². The molecule has 3 aromatic carbocycles. The fourth-order valence-corrected chi connectivity index (χ4v) is 6.26. The topological polar surface area (TPSA) is 85.2 Å². The molecule has 0 aliphatic carbocycles. The molecule has 1 saturated heterocycles. The number of hydrogen-bond donors (Lipinski definition) is 2. The van der Waals surface area contributed by atoms with E-state index in [1.807, 2.05) is 79.7 Å². The van der Waals surface area contributed by atoms with Gasteiger partial charge in [0.1, 0.15) is 10.8 Å². The molecule has 0 bridgehead atoms. The van der Waals surface area contributed by atoms with E-state index in [-0.39, 0.29) is 29.3 Å². The number of aromatic nitrogens is 2. The minimum atomic E-state index is -0.181. The zero-order valence-corrected chi connectivity index (χ0v) is 25.3. The number of halogens is 1. The summed E-state index contributed by atoms with van der Waals surface area (Å²) >= 11 is 7.54. The van der Waals surface area contributed by atoms with Crippen molar-refractivity contribution in [2.24, 2.45) is 5.92 Å². The van der Waals surface area contributed by atoms with Gasteiger partial charge in [-0.1, -0.05) is 53.7 Å². The van der Waals surface area contributed by atoms with E-state index in [0.29, 0.717) is 46.4 Å². The Hall–Kier alpha value is -3.59. The van der Waals surface area contributed by atoms with Crippen molar-refractivity contribution in [3.8, 4) is 11.4 Å². The van der Waals surface area contributed by atoms with E-state index in [2.05, 4.69) is 27.9 Å². The Balaban J connectivity index is 1.33. The van der Waals surface area contributed by atoms with E-state index < -0.39 is 0 Å². The molecule has 0 unspecified atom stereocenters. The summed E-state index contributed by atoms with van der Waals surface area (Å²) in [6.45, 7) is 3.55. The molecule has 2 heterocycles. The number of benzene rings is 3. The number of ether oxygens (including phenoxy) is 1. The molecule has 0 saturated carbocycles. The second kappa shape index (κ2) is 14.1. The zero-order valence-electron chi connectivity index (χ0n) is 23.8. The third-order valence-corrected chi connectivity index (χ3v) is 8.77. The van der Waals surface area contributed by atoms with E-state index in [1.165, 1.54) is 22.0 Å². The van der Waals surface area contributed by atoms with Gasteiger partial charge in [0.05, 0.1) is 18.7 Å². The van der Waals surface area contributed by atoms with Crippen molar-refractivity contribution in [3.63, 3.8) is 0 Å². The van der Waals surface area contributed by atoms with Crippen LogP contribution < -0.4 is 20.9 Å². The lowest BCUT2D eigenvalue weighted by atomic mass is 9.80. The lowest BCUT2D eigenvalue weighted by Crippen LogP contribution is -2.47. The van der Waals surface area contributed by atoms with Gasteiger partial charge in [0.15, 0.2) is 0 Å². The van der Waals surface area contributed by atoms with E-state index in [4.69, 9.17) is 16.3 Å². The Kier molecular flexibility index (Phi) is 10.00. The van der Waals surface area contributed by atoms with Crippen molar-refractivity contribution < 1.29 is 9.53 Å². The van der Waals surface area contributed by atoms with Gasteiger partial charge in [0.25, 0.3) is 5.56 Å². The largest absolute Gasteiger partial charge is 0.497 e. The van der Waals surface area contributed by atoms with Gasteiger partial charge in [-0.2, -0.15) is 9.78 Å². The molecule has 1 aromatic heterocycles. The summed E-state index contributed by atoms with van der Waals surface area (Å²) in [5.74, 6) is 0.794. The number of methoxy groups -OCH3 is 1. The van der Waals surface area contributed by atoms with Crippen LogP contribution in [0.15, 0.2) is 99.6 Å². The van der Waals surface area contributed by atoms with Crippen molar-refractivity contribution in [1.82, 2.24) is 20.4 Å². The van der Waals surface area contributed by atoms with E-state index in [0.717, 1.165) is 17.9 Å². The molecule has 5 rings (SSSR count). The predicted molar refractivity (Wildman–Crippen MR) is 168 cm³/mol. The Bertz CT molecular complexity index is 1540. The van der Waals surface area contributed by atoms with Crippen LogP contribution in [0.3, 0.4) is 0 Å². The van der Waals surface area contributed by atoms with Crippen LogP contribution in [0.25, 0.3) is 5.69 Å². The Morgan fingerprint density at radius 2 is 1.86 bits per heavy atom. The molecular formula is C33H35ClN4O3S. The number of carbonyl (C=O) groups is 1. The number of nitrogens with one attached hydrogen (secondary N) is 2. The SMILES string of the molecule is COc1ccc(-n2nc(Sc3ccc(Cl)cc3)cc(CC[C@@H](C)NC(=O)[C@@H]3CNCC[C@H]3c3ccccc3)c2=O)cc1. The van der Waals surface area contributed by atoms with Gasteiger partial charge in [0, 0.05) is 28.1 Å². The van der Waals surface area contributed by atoms with Crippen molar-refractivity contribution in [2.75, 3.05) is 20.2 Å². The van der Waals surface area contributed by atoms with Crippen LogP contribution in [0.2, 0.25) is 5.02 Å². The minimum Gasteiger partial charge on any atom is -0.497 e. The molecule has 42 heavy (non-hydrogen) atoms. The number of nitrogens with zero attached hydrogens (tertiary/aromatic N) is 2. The lowest BCUT2D eigenvalue weighted by molar-refractivity contribution is -0.126. The van der Waals surface area contributed by atoms with Gasteiger partial charge in [-0.05, 0) is 98.8 Å². The number of amides is 1.